The van der Waals surface area contributed by atoms with Crippen LogP contribution >= 0.6 is 0 Å². The highest BCUT2D eigenvalue weighted by atomic mass is 16.6. The number of carbonyl (C=O) groups excluding carboxylic acids is 3. The Balaban J connectivity index is 2.82. The third-order valence-corrected chi connectivity index (χ3v) is 2.92. The second kappa shape index (κ2) is 5.59. The molecule has 1 fully saturated rings. The molecular formula is C13H21NO5. The van der Waals surface area contributed by atoms with Crippen molar-refractivity contribution in [2.24, 2.45) is 5.92 Å². The number of ether oxygens (including phenoxy) is 2. The first-order valence-electron chi connectivity index (χ1n) is 6.23. The number of carbonyl (C=O) groups is 3. The lowest BCUT2D eigenvalue weighted by Crippen LogP contribution is -2.42. The van der Waals surface area contributed by atoms with Crippen molar-refractivity contribution >= 4 is 17.8 Å². The van der Waals surface area contributed by atoms with E-state index in [0.717, 1.165) is 0 Å². The number of rotatable bonds is 2. The zero-order valence-corrected chi connectivity index (χ0v) is 12.1. The zero-order chi connectivity index (χ0) is 14.8. The Bertz CT molecular complexity index is 385. The molecule has 1 aliphatic rings. The van der Waals surface area contributed by atoms with Crippen molar-refractivity contribution in [2.45, 2.75) is 45.8 Å². The van der Waals surface area contributed by atoms with Crippen LogP contribution in [0.4, 0.5) is 0 Å². The third kappa shape index (κ3) is 3.94. The topological polar surface area (TPSA) is 72.9 Å². The summed E-state index contributed by atoms with van der Waals surface area (Å²) in [4.78, 5) is 36.5. The number of methoxy groups -OCH3 is 1. The van der Waals surface area contributed by atoms with E-state index in [1.807, 2.05) is 0 Å². The van der Waals surface area contributed by atoms with E-state index in [1.54, 1.807) is 20.8 Å². The molecule has 19 heavy (non-hydrogen) atoms. The Kier molecular flexibility index (Phi) is 4.55. The Labute approximate surface area is 113 Å². The molecule has 108 valence electrons. The number of esters is 2. The quantitative estimate of drug-likeness (QED) is 0.693. The molecule has 0 aromatic heterocycles. The molecule has 2 atom stereocenters. The van der Waals surface area contributed by atoms with Crippen molar-refractivity contribution in [3.05, 3.63) is 0 Å². The highest BCUT2D eigenvalue weighted by molar-refractivity contribution is 5.86. The fourth-order valence-electron chi connectivity index (χ4n) is 2.11. The molecule has 0 unspecified atom stereocenters. The van der Waals surface area contributed by atoms with Crippen LogP contribution in [-0.2, 0) is 23.9 Å². The molecule has 1 amide bonds. The summed E-state index contributed by atoms with van der Waals surface area (Å²) in [5.74, 6) is -1.60. The van der Waals surface area contributed by atoms with Crippen LogP contribution in [0.25, 0.3) is 0 Å². The van der Waals surface area contributed by atoms with Gasteiger partial charge < -0.3 is 14.4 Å². The van der Waals surface area contributed by atoms with E-state index in [-0.39, 0.29) is 18.9 Å². The smallest absolute Gasteiger partial charge is 0.329 e. The lowest BCUT2D eigenvalue weighted by molar-refractivity contribution is -0.162. The van der Waals surface area contributed by atoms with Gasteiger partial charge in [-0.25, -0.2) is 4.79 Å². The van der Waals surface area contributed by atoms with Crippen molar-refractivity contribution in [3.8, 4) is 0 Å². The maximum absolute atomic E-state index is 12.1. The Morgan fingerprint density at radius 2 is 1.74 bits per heavy atom. The second-order valence-corrected chi connectivity index (χ2v) is 5.68. The predicted molar refractivity (Wildman–Crippen MR) is 67.1 cm³/mol. The van der Waals surface area contributed by atoms with Crippen LogP contribution in [0.15, 0.2) is 0 Å². The molecule has 1 rings (SSSR count). The summed E-state index contributed by atoms with van der Waals surface area (Å²) in [6.45, 7) is 6.85. The average molecular weight is 271 g/mol. The molecular weight excluding hydrogens is 250 g/mol. The number of nitrogens with zero attached hydrogens (tertiary/aromatic N) is 1. The van der Waals surface area contributed by atoms with Crippen LogP contribution in [0.2, 0.25) is 0 Å². The van der Waals surface area contributed by atoms with Crippen molar-refractivity contribution in [1.29, 1.82) is 0 Å². The van der Waals surface area contributed by atoms with Gasteiger partial charge in [0, 0.05) is 13.5 Å². The van der Waals surface area contributed by atoms with E-state index >= 15 is 0 Å². The predicted octanol–water partition coefficient (Wildman–Crippen LogP) is 0.738. The van der Waals surface area contributed by atoms with Gasteiger partial charge in [0.1, 0.15) is 11.6 Å². The summed E-state index contributed by atoms with van der Waals surface area (Å²) in [5.41, 5.74) is -0.622. The minimum atomic E-state index is -0.708. The molecule has 6 nitrogen and oxygen atoms in total. The molecule has 0 aromatic carbocycles. The molecule has 1 aliphatic heterocycles. The summed E-state index contributed by atoms with van der Waals surface area (Å²) in [6, 6.07) is -0.708. The van der Waals surface area contributed by atoms with Gasteiger partial charge in [0.05, 0.1) is 13.0 Å². The lowest BCUT2D eigenvalue weighted by Gasteiger charge is -2.26. The molecule has 1 heterocycles. The van der Waals surface area contributed by atoms with Gasteiger partial charge in [0.2, 0.25) is 5.91 Å². The molecule has 0 aromatic rings. The van der Waals surface area contributed by atoms with Crippen LogP contribution in [0, 0.1) is 5.92 Å². The van der Waals surface area contributed by atoms with Crippen molar-refractivity contribution < 1.29 is 23.9 Å². The Morgan fingerprint density at radius 1 is 1.16 bits per heavy atom. The highest BCUT2D eigenvalue weighted by Gasteiger charge is 2.43. The molecule has 1 saturated heterocycles. The van der Waals surface area contributed by atoms with E-state index in [1.165, 1.54) is 18.9 Å². The Hall–Kier alpha value is -1.59. The van der Waals surface area contributed by atoms with Crippen molar-refractivity contribution in [1.82, 2.24) is 4.90 Å². The minimum absolute atomic E-state index is 0.200. The average Bonchev–Trinajstić information content (AvgIpc) is 2.70. The van der Waals surface area contributed by atoms with Gasteiger partial charge in [0.25, 0.3) is 0 Å². The molecule has 6 heteroatoms. The fourth-order valence-corrected chi connectivity index (χ4v) is 2.11. The first-order chi connectivity index (χ1) is 8.65. The molecule has 0 radical (unpaired) electrons. The third-order valence-electron chi connectivity index (χ3n) is 2.92. The molecule has 0 spiro atoms. The van der Waals surface area contributed by atoms with Crippen LogP contribution < -0.4 is 0 Å². The number of amides is 1. The van der Waals surface area contributed by atoms with Crippen LogP contribution in [0.5, 0.6) is 0 Å². The van der Waals surface area contributed by atoms with Gasteiger partial charge >= 0.3 is 11.9 Å². The first kappa shape index (κ1) is 15.5. The summed E-state index contributed by atoms with van der Waals surface area (Å²) >= 11 is 0. The van der Waals surface area contributed by atoms with Gasteiger partial charge in [-0.3, -0.25) is 9.59 Å². The van der Waals surface area contributed by atoms with E-state index in [0.29, 0.717) is 0 Å². The zero-order valence-electron chi connectivity index (χ0n) is 12.1. The van der Waals surface area contributed by atoms with E-state index in [2.05, 4.69) is 4.74 Å². The number of hydrogen-bond donors (Lipinski definition) is 0. The summed E-state index contributed by atoms with van der Waals surface area (Å²) < 4.78 is 9.94. The monoisotopic (exact) mass is 271 g/mol. The standard InChI is InChI=1S/C13H21NO5/c1-8(15)14-7-9(11(16)18-5)6-10(14)12(17)19-13(2,3)4/h9-10H,6-7H2,1-5H3/t9-,10-/m0/s1. The van der Waals surface area contributed by atoms with Gasteiger partial charge in [-0.1, -0.05) is 0 Å². The fraction of sp³-hybridized carbons (Fsp3) is 0.769. The van der Waals surface area contributed by atoms with Gasteiger partial charge in [-0.05, 0) is 27.2 Å². The lowest BCUT2D eigenvalue weighted by atomic mass is 10.1. The molecule has 0 bridgehead atoms. The first-order valence-corrected chi connectivity index (χ1v) is 6.23. The van der Waals surface area contributed by atoms with Crippen LogP contribution in [-0.4, -0.2) is 48.0 Å². The SMILES string of the molecule is COC(=O)[C@H]1C[C@@H](C(=O)OC(C)(C)C)N(C(C)=O)C1. The molecule has 0 saturated carbocycles. The molecule has 0 N–H and O–H groups in total. The van der Waals surface area contributed by atoms with E-state index < -0.39 is 29.5 Å². The summed E-state index contributed by atoms with van der Waals surface area (Å²) in [7, 11) is 1.29. The van der Waals surface area contributed by atoms with Crippen LogP contribution in [0.1, 0.15) is 34.1 Å². The second-order valence-electron chi connectivity index (χ2n) is 5.68. The van der Waals surface area contributed by atoms with Gasteiger partial charge in [-0.15, -0.1) is 0 Å². The van der Waals surface area contributed by atoms with Gasteiger partial charge in [0.15, 0.2) is 0 Å². The summed E-state index contributed by atoms with van der Waals surface area (Å²) in [5, 5.41) is 0. The summed E-state index contributed by atoms with van der Waals surface area (Å²) in [6.07, 6.45) is 0.251. The maximum Gasteiger partial charge on any atom is 0.329 e. The number of hydrogen-bond acceptors (Lipinski definition) is 5. The Morgan fingerprint density at radius 3 is 2.16 bits per heavy atom. The minimum Gasteiger partial charge on any atom is -0.469 e. The largest absolute Gasteiger partial charge is 0.469 e. The highest BCUT2D eigenvalue weighted by Crippen LogP contribution is 2.26. The van der Waals surface area contributed by atoms with E-state index in [9.17, 15) is 14.4 Å². The van der Waals surface area contributed by atoms with Crippen LogP contribution in [0.3, 0.4) is 0 Å². The number of likely N-dealkylation sites (tertiary alicyclic amines) is 1. The van der Waals surface area contributed by atoms with Gasteiger partial charge in [-0.2, -0.15) is 0 Å². The van der Waals surface area contributed by atoms with Crippen molar-refractivity contribution in [2.75, 3.05) is 13.7 Å². The maximum atomic E-state index is 12.1. The molecule has 0 aliphatic carbocycles. The van der Waals surface area contributed by atoms with E-state index in [4.69, 9.17) is 4.74 Å². The normalized spacial score (nSPS) is 23.1. The van der Waals surface area contributed by atoms with Crippen molar-refractivity contribution in [3.63, 3.8) is 0 Å².